The van der Waals surface area contributed by atoms with Crippen LogP contribution in [0.25, 0.3) is 0 Å². The standard InChI is InChI=1S/C21H24N2O3/c1-3-26-19-11-9-18(10-12-19)22-21(25)17-13-20(24)23(14-17)15(2)16-7-5-4-6-8-16/h4-12,15,17H,3,13-14H2,1-2H3,(H,22,25)/t15-,17+/m0/s1. The fourth-order valence-electron chi connectivity index (χ4n) is 3.24. The molecule has 26 heavy (non-hydrogen) atoms. The van der Waals surface area contributed by atoms with Crippen LogP contribution in [-0.2, 0) is 9.59 Å². The number of anilines is 1. The topological polar surface area (TPSA) is 58.6 Å². The Morgan fingerprint density at radius 2 is 1.88 bits per heavy atom. The Morgan fingerprint density at radius 3 is 2.54 bits per heavy atom. The van der Waals surface area contributed by atoms with Crippen LogP contribution in [0.3, 0.4) is 0 Å². The van der Waals surface area contributed by atoms with Crippen LogP contribution < -0.4 is 10.1 Å². The Bertz CT molecular complexity index is 759. The van der Waals surface area contributed by atoms with Crippen LogP contribution in [0.15, 0.2) is 54.6 Å². The number of hydrogen-bond acceptors (Lipinski definition) is 3. The van der Waals surface area contributed by atoms with Gasteiger partial charge in [0.1, 0.15) is 5.75 Å². The van der Waals surface area contributed by atoms with Gasteiger partial charge in [0.15, 0.2) is 0 Å². The van der Waals surface area contributed by atoms with Crippen molar-refractivity contribution in [1.82, 2.24) is 4.90 Å². The Labute approximate surface area is 154 Å². The van der Waals surface area contributed by atoms with Gasteiger partial charge in [0.2, 0.25) is 11.8 Å². The maximum atomic E-state index is 12.6. The summed E-state index contributed by atoms with van der Waals surface area (Å²) >= 11 is 0. The first-order valence-electron chi connectivity index (χ1n) is 8.96. The molecule has 0 spiro atoms. The minimum absolute atomic E-state index is 0.0215. The van der Waals surface area contributed by atoms with Crippen LogP contribution in [0.5, 0.6) is 5.75 Å². The van der Waals surface area contributed by atoms with E-state index in [4.69, 9.17) is 4.74 Å². The summed E-state index contributed by atoms with van der Waals surface area (Å²) in [5.74, 6) is 0.336. The van der Waals surface area contributed by atoms with Crippen LogP contribution in [0, 0.1) is 5.92 Å². The van der Waals surface area contributed by atoms with E-state index < -0.39 is 0 Å². The van der Waals surface area contributed by atoms with Gasteiger partial charge in [-0.3, -0.25) is 9.59 Å². The third kappa shape index (κ3) is 4.04. The van der Waals surface area contributed by atoms with Crippen molar-refractivity contribution in [2.75, 3.05) is 18.5 Å². The van der Waals surface area contributed by atoms with Crippen molar-refractivity contribution < 1.29 is 14.3 Å². The van der Waals surface area contributed by atoms with Gasteiger partial charge in [0, 0.05) is 18.7 Å². The average Bonchev–Trinajstić information content (AvgIpc) is 3.05. The van der Waals surface area contributed by atoms with E-state index in [0.29, 0.717) is 18.8 Å². The van der Waals surface area contributed by atoms with E-state index >= 15 is 0 Å². The van der Waals surface area contributed by atoms with E-state index in [1.54, 1.807) is 4.90 Å². The quantitative estimate of drug-likeness (QED) is 0.864. The summed E-state index contributed by atoms with van der Waals surface area (Å²) in [4.78, 5) is 26.7. The van der Waals surface area contributed by atoms with Gasteiger partial charge in [-0.05, 0) is 43.7 Å². The Kier molecular flexibility index (Phi) is 5.56. The second-order valence-corrected chi connectivity index (χ2v) is 6.48. The zero-order valence-electron chi connectivity index (χ0n) is 15.1. The van der Waals surface area contributed by atoms with Gasteiger partial charge in [-0.2, -0.15) is 0 Å². The number of ether oxygens (including phenoxy) is 1. The SMILES string of the molecule is CCOc1ccc(NC(=O)[C@@H]2CC(=O)N([C@@H](C)c3ccccc3)C2)cc1. The molecule has 0 unspecified atom stereocenters. The Hall–Kier alpha value is -2.82. The second kappa shape index (κ2) is 8.04. The number of hydrogen-bond donors (Lipinski definition) is 1. The number of nitrogens with zero attached hydrogens (tertiary/aromatic N) is 1. The summed E-state index contributed by atoms with van der Waals surface area (Å²) in [6.45, 7) is 4.97. The summed E-state index contributed by atoms with van der Waals surface area (Å²) in [6, 6.07) is 17.1. The largest absolute Gasteiger partial charge is 0.494 e. The predicted octanol–water partition coefficient (Wildman–Crippen LogP) is 3.63. The van der Waals surface area contributed by atoms with Crippen LogP contribution in [-0.4, -0.2) is 29.9 Å². The first kappa shape index (κ1) is 18.0. The van der Waals surface area contributed by atoms with Gasteiger partial charge in [0.25, 0.3) is 0 Å². The minimum atomic E-state index is -0.333. The van der Waals surface area contributed by atoms with Crippen molar-refractivity contribution in [3.63, 3.8) is 0 Å². The molecule has 0 aromatic heterocycles. The maximum Gasteiger partial charge on any atom is 0.229 e. The van der Waals surface area contributed by atoms with Gasteiger partial charge in [-0.1, -0.05) is 30.3 Å². The normalized spacial score (nSPS) is 17.8. The molecule has 1 N–H and O–H groups in total. The molecular formula is C21H24N2O3. The predicted molar refractivity (Wildman–Crippen MR) is 101 cm³/mol. The summed E-state index contributed by atoms with van der Waals surface area (Å²) in [5, 5.41) is 2.90. The molecule has 0 radical (unpaired) electrons. The number of benzene rings is 2. The first-order valence-corrected chi connectivity index (χ1v) is 8.96. The van der Waals surface area contributed by atoms with E-state index in [0.717, 1.165) is 11.3 Å². The third-order valence-electron chi connectivity index (χ3n) is 4.71. The van der Waals surface area contributed by atoms with Crippen molar-refractivity contribution in [3.8, 4) is 5.75 Å². The molecule has 3 rings (SSSR count). The van der Waals surface area contributed by atoms with Crippen molar-refractivity contribution in [2.45, 2.75) is 26.3 Å². The van der Waals surface area contributed by atoms with Crippen molar-refractivity contribution in [1.29, 1.82) is 0 Å². The zero-order valence-corrected chi connectivity index (χ0v) is 15.1. The lowest BCUT2D eigenvalue weighted by molar-refractivity contribution is -0.129. The number of carbonyl (C=O) groups excluding carboxylic acids is 2. The lowest BCUT2D eigenvalue weighted by Gasteiger charge is -2.25. The molecule has 0 bridgehead atoms. The van der Waals surface area contributed by atoms with Crippen LogP contribution in [0.1, 0.15) is 31.9 Å². The zero-order chi connectivity index (χ0) is 18.5. The first-order chi connectivity index (χ1) is 12.6. The number of rotatable bonds is 6. The van der Waals surface area contributed by atoms with Crippen LogP contribution >= 0.6 is 0 Å². The van der Waals surface area contributed by atoms with Gasteiger partial charge in [0.05, 0.1) is 18.6 Å². The molecule has 1 fully saturated rings. The fourth-order valence-corrected chi connectivity index (χ4v) is 3.24. The van der Waals surface area contributed by atoms with E-state index in [1.807, 2.05) is 68.4 Å². The van der Waals surface area contributed by atoms with E-state index in [9.17, 15) is 9.59 Å². The van der Waals surface area contributed by atoms with E-state index in [2.05, 4.69) is 5.32 Å². The van der Waals surface area contributed by atoms with Crippen molar-refractivity contribution in [2.24, 2.45) is 5.92 Å². The van der Waals surface area contributed by atoms with E-state index in [-0.39, 0.29) is 30.2 Å². The smallest absolute Gasteiger partial charge is 0.229 e. The second-order valence-electron chi connectivity index (χ2n) is 6.48. The molecule has 1 heterocycles. The van der Waals surface area contributed by atoms with Gasteiger partial charge in [-0.15, -0.1) is 0 Å². The highest BCUT2D eigenvalue weighted by Crippen LogP contribution is 2.29. The molecular weight excluding hydrogens is 328 g/mol. The molecule has 1 aliphatic heterocycles. The minimum Gasteiger partial charge on any atom is -0.494 e. The van der Waals surface area contributed by atoms with Crippen molar-refractivity contribution in [3.05, 3.63) is 60.2 Å². The molecule has 2 aromatic rings. The molecule has 5 heteroatoms. The highest BCUT2D eigenvalue weighted by molar-refractivity contribution is 5.97. The van der Waals surface area contributed by atoms with Gasteiger partial charge >= 0.3 is 0 Å². The highest BCUT2D eigenvalue weighted by Gasteiger charge is 2.36. The van der Waals surface area contributed by atoms with Crippen LogP contribution in [0.2, 0.25) is 0 Å². The number of carbonyl (C=O) groups is 2. The molecule has 1 saturated heterocycles. The lowest BCUT2D eigenvalue weighted by atomic mass is 10.1. The highest BCUT2D eigenvalue weighted by atomic mass is 16.5. The fraction of sp³-hybridized carbons (Fsp3) is 0.333. The summed E-state index contributed by atoms with van der Waals surface area (Å²) in [6.07, 6.45) is 0.250. The van der Waals surface area contributed by atoms with Gasteiger partial charge in [-0.25, -0.2) is 0 Å². The number of amides is 2. The molecule has 2 amide bonds. The average molecular weight is 352 g/mol. The molecule has 2 aromatic carbocycles. The van der Waals surface area contributed by atoms with Crippen molar-refractivity contribution >= 4 is 17.5 Å². The summed E-state index contributed by atoms with van der Waals surface area (Å²) < 4.78 is 5.40. The number of likely N-dealkylation sites (tertiary alicyclic amines) is 1. The summed E-state index contributed by atoms with van der Waals surface area (Å²) in [5.41, 5.74) is 1.79. The molecule has 5 nitrogen and oxygen atoms in total. The van der Waals surface area contributed by atoms with Gasteiger partial charge < -0.3 is 15.0 Å². The molecule has 1 aliphatic rings. The van der Waals surface area contributed by atoms with Crippen LogP contribution in [0.4, 0.5) is 5.69 Å². The molecule has 2 atom stereocenters. The lowest BCUT2D eigenvalue weighted by Crippen LogP contribution is -2.30. The third-order valence-corrected chi connectivity index (χ3v) is 4.71. The molecule has 0 aliphatic carbocycles. The number of nitrogens with one attached hydrogen (secondary N) is 1. The Morgan fingerprint density at radius 1 is 1.19 bits per heavy atom. The summed E-state index contributed by atoms with van der Waals surface area (Å²) in [7, 11) is 0. The molecule has 136 valence electrons. The Balaban J connectivity index is 1.61. The maximum absolute atomic E-state index is 12.6. The van der Waals surface area contributed by atoms with E-state index in [1.165, 1.54) is 0 Å². The monoisotopic (exact) mass is 352 g/mol. The molecule has 0 saturated carbocycles.